The highest BCUT2D eigenvalue weighted by Gasteiger charge is 2.24. The lowest BCUT2D eigenvalue weighted by atomic mass is 10.2. The summed E-state index contributed by atoms with van der Waals surface area (Å²) in [6.45, 7) is 6.31. The van der Waals surface area contributed by atoms with Crippen molar-refractivity contribution in [2.24, 2.45) is 0 Å². The molecule has 0 spiro atoms. The van der Waals surface area contributed by atoms with E-state index >= 15 is 0 Å². The van der Waals surface area contributed by atoms with Crippen molar-refractivity contribution in [3.8, 4) is 11.5 Å². The Balaban J connectivity index is 1.43. The van der Waals surface area contributed by atoms with E-state index in [4.69, 9.17) is 23.4 Å². The number of urea groups is 1. The summed E-state index contributed by atoms with van der Waals surface area (Å²) in [5.74, 6) is 1.11. The number of hydrogen-bond acceptors (Lipinski definition) is 9. The molecule has 1 aromatic heterocycles. The molecule has 1 saturated heterocycles. The molecule has 0 aliphatic carbocycles. The van der Waals surface area contributed by atoms with Crippen LogP contribution in [-0.4, -0.2) is 98.5 Å². The molecule has 4 rings (SSSR count). The zero-order valence-electron chi connectivity index (χ0n) is 22.3. The molecule has 1 fully saturated rings. The predicted molar refractivity (Wildman–Crippen MR) is 139 cm³/mol. The van der Waals surface area contributed by atoms with Gasteiger partial charge in [-0.1, -0.05) is 6.07 Å². The van der Waals surface area contributed by atoms with Crippen molar-refractivity contribution in [2.75, 3.05) is 65.9 Å². The molecule has 12 nitrogen and oxygen atoms in total. The number of esters is 1. The van der Waals surface area contributed by atoms with Crippen LogP contribution >= 0.6 is 0 Å². The Kier molecular flexibility index (Phi) is 10.4. The van der Waals surface area contributed by atoms with Crippen LogP contribution in [0.2, 0.25) is 0 Å². The van der Waals surface area contributed by atoms with E-state index in [1.165, 1.54) is 4.90 Å². The average molecular weight is 545 g/mol. The van der Waals surface area contributed by atoms with Crippen molar-refractivity contribution < 1.29 is 37.7 Å². The monoisotopic (exact) mass is 544 g/mol. The molecule has 2 aliphatic rings. The molecule has 0 bridgehead atoms. The fourth-order valence-corrected chi connectivity index (χ4v) is 4.38. The molecule has 1 N–H and O–H groups in total. The Labute approximate surface area is 227 Å². The Morgan fingerprint density at radius 3 is 2.64 bits per heavy atom. The number of morpholine rings is 1. The maximum absolute atomic E-state index is 13.6. The lowest BCUT2D eigenvalue weighted by Crippen LogP contribution is -2.48. The number of carbonyl (C=O) groups excluding carboxylic acids is 3. The van der Waals surface area contributed by atoms with Gasteiger partial charge in [-0.25, -0.2) is 4.79 Å². The lowest BCUT2D eigenvalue weighted by molar-refractivity contribution is -0.141. The number of fused-ring (bicyclic) bond motifs is 1. The first-order chi connectivity index (χ1) is 19.0. The van der Waals surface area contributed by atoms with Gasteiger partial charge in [-0.3, -0.25) is 14.5 Å². The van der Waals surface area contributed by atoms with Gasteiger partial charge in [-0.05, 0) is 43.2 Å². The minimum atomic E-state index is -0.535. The molecule has 39 heavy (non-hydrogen) atoms. The number of nitrogens with one attached hydrogen (secondary N) is 1. The minimum Gasteiger partial charge on any atom is -0.467 e. The van der Waals surface area contributed by atoms with E-state index < -0.39 is 12.0 Å². The molecule has 12 heteroatoms. The number of furan rings is 1. The number of amides is 3. The summed E-state index contributed by atoms with van der Waals surface area (Å²) in [7, 11) is 0. The second-order valence-corrected chi connectivity index (χ2v) is 9.21. The van der Waals surface area contributed by atoms with E-state index in [1.54, 1.807) is 30.2 Å². The normalized spacial score (nSPS) is 14.6. The third kappa shape index (κ3) is 8.62. The Bertz CT molecular complexity index is 1090. The molecule has 212 valence electrons. The third-order valence-corrected chi connectivity index (χ3v) is 6.40. The van der Waals surface area contributed by atoms with Gasteiger partial charge in [-0.15, -0.1) is 0 Å². The second kappa shape index (κ2) is 14.4. The topological polar surface area (TPSA) is 123 Å². The number of carbonyl (C=O) groups is 3. The smallest absolute Gasteiger partial charge is 0.325 e. The van der Waals surface area contributed by atoms with Gasteiger partial charge in [-0.2, -0.15) is 0 Å². The predicted octanol–water partition coefficient (Wildman–Crippen LogP) is 1.83. The third-order valence-electron chi connectivity index (χ3n) is 6.40. The molecule has 3 heterocycles. The van der Waals surface area contributed by atoms with E-state index in [0.29, 0.717) is 43.4 Å². The number of benzene rings is 1. The maximum atomic E-state index is 13.6. The summed E-state index contributed by atoms with van der Waals surface area (Å²) in [4.78, 5) is 43.8. The van der Waals surface area contributed by atoms with Crippen molar-refractivity contribution in [1.29, 1.82) is 0 Å². The first-order valence-corrected chi connectivity index (χ1v) is 13.2. The van der Waals surface area contributed by atoms with Crippen LogP contribution < -0.4 is 14.8 Å². The Morgan fingerprint density at radius 2 is 1.87 bits per heavy atom. The quantitative estimate of drug-likeness (QED) is 0.376. The van der Waals surface area contributed by atoms with Crippen LogP contribution in [-0.2, 0) is 32.2 Å². The van der Waals surface area contributed by atoms with Gasteiger partial charge in [0.2, 0.25) is 12.7 Å². The highest BCUT2D eigenvalue weighted by molar-refractivity contribution is 5.86. The highest BCUT2D eigenvalue weighted by Crippen LogP contribution is 2.33. The van der Waals surface area contributed by atoms with E-state index in [-0.39, 0.29) is 45.5 Å². The SMILES string of the molecule is CCOC(=O)CNC(=O)N(CCCN1CCOCC1)CC(=O)N(Cc1ccc2c(c1)OCO2)Cc1ccco1. The van der Waals surface area contributed by atoms with Gasteiger partial charge in [0.25, 0.3) is 0 Å². The Hall–Kier alpha value is -3.77. The van der Waals surface area contributed by atoms with Gasteiger partial charge in [0.05, 0.1) is 32.6 Å². The van der Waals surface area contributed by atoms with Gasteiger partial charge in [0, 0.05) is 32.7 Å². The number of ether oxygens (including phenoxy) is 4. The molecule has 0 saturated carbocycles. The lowest BCUT2D eigenvalue weighted by Gasteiger charge is -2.29. The molecular formula is C27H36N4O8. The molecular weight excluding hydrogens is 508 g/mol. The second-order valence-electron chi connectivity index (χ2n) is 9.21. The van der Waals surface area contributed by atoms with E-state index in [1.807, 2.05) is 18.2 Å². The summed E-state index contributed by atoms with van der Waals surface area (Å²) < 4.78 is 26.7. The van der Waals surface area contributed by atoms with E-state index in [2.05, 4.69) is 10.2 Å². The summed E-state index contributed by atoms with van der Waals surface area (Å²) in [5.41, 5.74) is 0.852. The molecule has 0 atom stereocenters. The summed E-state index contributed by atoms with van der Waals surface area (Å²) >= 11 is 0. The van der Waals surface area contributed by atoms with E-state index in [9.17, 15) is 14.4 Å². The van der Waals surface area contributed by atoms with Crippen molar-refractivity contribution in [3.63, 3.8) is 0 Å². The van der Waals surface area contributed by atoms with Crippen molar-refractivity contribution >= 4 is 17.9 Å². The van der Waals surface area contributed by atoms with Gasteiger partial charge < -0.3 is 38.5 Å². The summed E-state index contributed by atoms with van der Waals surface area (Å²) in [5, 5.41) is 2.58. The highest BCUT2D eigenvalue weighted by atomic mass is 16.7. The fourth-order valence-electron chi connectivity index (χ4n) is 4.38. The molecule has 2 aromatic rings. The van der Waals surface area contributed by atoms with Crippen LogP contribution in [0.15, 0.2) is 41.0 Å². The molecule has 0 unspecified atom stereocenters. The number of nitrogens with zero attached hydrogens (tertiary/aromatic N) is 3. The molecule has 3 amide bonds. The van der Waals surface area contributed by atoms with E-state index in [0.717, 1.165) is 25.2 Å². The van der Waals surface area contributed by atoms with Crippen LogP contribution in [0.4, 0.5) is 4.79 Å². The summed E-state index contributed by atoms with van der Waals surface area (Å²) in [6, 6.07) is 8.60. The van der Waals surface area contributed by atoms with Crippen LogP contribution in [0.5, 0.6) is 11.5 Å². The van der Waals surface area contributed by atoms with Gasteiger partial charge >= 0.3 is 12.0 Å². The summed E-state index contributed by atoms with van der Waals surface area (Å²) in [6.07, 6.45) is 2.22. The van der Waals surface area contributed by atoms with Crippen molar-refractivity contribution in [1.82, 2.24) is 20.0 Å². The first-order valence-electron chi connectivity index (χ1n) is 13.2. The molecule has 1 aromatic carbocycles. The zero-order valence-corrected chi connectivity index (χ0v) is 22.3. The molecule has 2 aliphatic heterocycles. The van der Waals surface area contributed by atoms with Crippen molar-refractivity contribution in [2.45, 2.75) is 26.4 Å². The minimum absolute atomic E-state index is 0.161. The fraction of sp³-hybridized carbons (Fsp3) is 0.519. The zero-order chi connectivity index (χ0) is 27.5. The Morgan fingerprint density at radius 1 is 1.05 bits per heavy atom. The van der Waals surface area contributed by atoms with Gasteiger partial charge in [0.15, 0.2) is 11.5 Å². The number of rotatable bonds is 13. The number of hydrogen-bond donors (Lipinski definition) is 1. The van der Waals surface area contributed by atoms with Gasteiger partial charge in [0.1, 0.15) is 18.8 Å². The first kappa shape index (κ1) is 28.2. The average Bonchev–Trinajstić information content (AvgIpc) is 3.63. The maximum Gasteiger partial charge on any atom is 0.325 e. The van der Waals surface area contributed by atoms with Crippen LogP contribution in [0, 0.1) is 0 Å². The standard InChI is InChI=1S/C27H36N4O8/c1-2-36-26(33)16-28-27(34)30(9-4-8-29-10-13-35-14-11-29)19-25(32)31(18-22-5-3-12-37-22)17-21-6-7-23-24(15-21)39-20-38-23/h3,5-7,12,15H,2,4,8-11,13-14,16-20H2,1H3,(H,28,34). The van der Waals surface area contributed by atoms with Crippen LogP contribution in [0.3, 0.4) is 0 Å². The van der Waals surface area contributed by atoms with Crippen LogP contribution in [0.25, 0.3) is 0 Å². The van der Waals surface area contributed by atoms with Crippen molar-refractivity contribution in [3.05, 3.63) is 47.9 Å². The largest absolute Gasteiger partial charge is 0.467 e. The molecule has 0 radical (unpaired) electrons. The van der Waals surface area contributed by atoms with Crippen LogP contribution in [0.1, 0.15) is 24.7 Å².